The van der Waals surface area contributed by atoms with Crippen molar-refractivity contribution in [1.82, 2.24) is 10.2 Å². The van der Waals surface area contributed by atoms with Crippen LogP contribution in [0.15, 0.2) is 0 Å². The summed E-state index contributed by atoms with van der Waals surface area (Å²) in [5.41, 5.74) is 5.14. The Balaban J connectivity index is 1.74. The van der Waals surface area contributed by atoms with E-state index >= 15 is 0 Å². The minimum atomic E-state index is -0.152. The van der Waals surface area contributed by atoms with Gasteiger partial charge in [-0.1, -0.05) is 0 Å². The van der Waals surface area contributed by atoms with Gasteiger partial charge in [0.2, 0.25) is 5.91 Å². The molecule has 1 aliphatic rings. The Labute approximate surface area is 109 Å². The lowest BCUT2D eigenvalue weighted by molar-refractivity contribution is -0.119. The molecule has 1 amide bonds. The summed E-state index contributed by atoms with van der Waals surface area (Å²) < 4.78 is 10.8. The van der Waals surface area contributed by atoms with Crippen molar-refractivity contribution < 1.29 is 14.3 Å². The van der Waals surface area contributed by atoms with E-state index in [0.717, 1.165) is 13.2 Å². The molecule has 0 aromatic rings. The summed E-state index contributed by atoms with van der Waals surface area (Å²) in [5.74, 6) is -0.152. The molecule has 0 aromatic heterocycles. The second-order valence-corrected chi connectivity index (χ2v) is 4.33. The van der Waals surface area contributed by atoms with E-state index in [1.54, 1.807) is 0 Å². The van der Waals surface area contributed by atoms with Crippen LogP contribution in [0.25, 0.3) is 0 Å². The standard InChI is InChI=1S/C12H25N3O3/c13-11-12(16)14-3-7-17-9-10-18-8-6-15-4-1-2-5-15/h1-11,13H2,(H,14,16). The van der Waals surface area contributed by atoms with Crippen molar-refractivity contribution in [3.8, 4) is 0 Å². The molecule has 0 unspecified atom stereocenters. The van der Waals surface area contributed by atoms with Crippen LogP contribution in [0.1, 0.15) is 12.8 Å². The minimum absolute atomic E-state index is 0.0274. The zero-order valence-electron chi connectivity index (χ0n) is 11.0. The summed E-state index contributed by atoms with van der Waals surface area (Å²) in [6, 6.07) is 0. The smallest absolute Gasteiger partial charge is 0.233 e. The molecule has 1 saturated heterocycles. The van der Waals surface area contributed by atoms with Crippen LogP contribution in [-0.2, 0) is 14.3 Å². The van der Waals surface area contributed by atoms with Gasteiger partial charge in [0, 0.05) is 13.1 Å². The molecular weight excluding hydrogens is 234 g/mol. The molecular formula is C12H25N3O3. The molecule has 6 heteroatoms. The molecule has 18 heavy (non-hydrogen) atoms. The number of amides is 1. The number of nitrogens with one attached hydrogen (secondary N) is 1. The maximum absolute atomic E-state index is 10.8. The molecule has 106 valence electrons. The van der Waals surface area contributed by atoms with E-state index in [0.29, 0.717) is 26.4 Å². The molecule has 0 radical (unpaired) electrons. The van der Waals surface area contributed by atoms with Gasteiger partial charge in [-0.2, -0.15) is 0 Å². The summed E-state index contributed by atoms with van der Waals surface area (Å²) in [5, 5.41) is 2.64. The molecule has 0 atom stereocenters. The Hall–Kier alpha value is -0.690. The predicted molar refractivity (Wildman–Crippen MR) is 69.4 cm³/mol. The molecule has 0 bridgehead atoms. The highest BCUT2D eigenvalue weighted by atomic mass is 16.5. The Kier molecular flexibility index (Phi) is 8.75. The highest BCUT2D eigenvalue weighted by Crippen LogP contribution is 2.05. The van der Waals surface area contributed by atoms with Crippen molar-refractivity contribution in [1.29, 1.82) is 0 Å². The fourth-order valence-corrected chi connectivity index (χ4v) is 1.86. The highest BCUT2D eigenvalue weighted by Gasteiger charge is 2.09. The van der Waals surface area contributed by atoms with E-state index in [9.17, 15) is 4.79 Å². The van der Waals surface area contributed by atoms with Gasteiger partial charge >= 0.3 is 0 Å². The summed E-state index contributed by atoms with van der Waals surface area (Å²) in [6.45, 7) is 6.42. The normalized spacial score (nSPS) is 16.1. The number of ether oxygens (including phenoxy) is 2. The van der Waals surface area contributed by atoms with Gasteiger partial charge in [-0.3, -0.25) is 4.79 Å². The number of nitrogens with two attached hydrogens (primary N) is 1. The Morgan fingerprint density at radius 3 is 2.44 bits per heavy atom. The Morgan fingerprint density at radius 1 is 1.11 bits per heavy atom. The van der Waals surface area contributed by atoms with E-state index in [1.165, 1.54) is 25.9 Å². The lowest BCUT2D eigenvalue weighted by Gasteiger charge is -2.14. The first-order chi connectivity index (χ1) is 8.83. The molecule has 0 aromatic carbocycles. The van der Waals surface area contributed by atoms with Crippen LogP contribution in [0, 0.1) is 0 Å². The second-order valence-electron chi connectivity index (χ2n) is 4.33. The molecule has 1 heterocycles. The van der Waals surface area contributed by atoms with Crippen LogP contribution in [0.5, 0.6) is 0 Å². The topological polar surface area (TPSA) is 76.8 Å². The average Bonchev–Trinajstić information content (AvgIpc) is 2.89. The largest absolute Gasteiger partial charge is 0.378 e. The monoisotopic (exact) mass is 259 g/mol. The number of carbonyl (C=O) groups is 1. The van der Waals surface area contributed by atoms with E-state index in [-0.39, 0.29) is 12.5 Å². The van der Waals surface area contributed by atoms with Crippen LogP contribution < -0.4 is 11.1 Å². The second kappa shape index (κ2) is 10.3. The first kappa shape index (κ1) is 15.4. The van der Waals surface area contributed by atoms with Crippen LogP contribution in [-0.4, -0.2) is 70.0 Å². The van der Waals surface area contributed by atoms with Crippen LogP contribution in [0.4, 0.5) is 0 Å². The van der Waals surface area contributed by atoms with Crippen molar-refractivity contribution in [2.24, 2.45) is 5.73 Å². The van der Waals surface area contributed by atoms with Gasteiger partial charge in [0.25, 0.3) is 0 Å². The number of nitrogens with zero attached hydrogens (tertiary/aromatic N) is 1. The summed E-state index contributed by atoms with van der Waals surface area (Å²) in [4.78, 5) is 13.2. The lowest BCUT2D eigenvalue weighted by atomic mass is 10.4. The Bertz CT molecular complexity index is 221. The third-order valence-electron chi connectivity index (χ3n) is 2.88. The van der Waals surface area contributed by atoms with Gasteiger partial charge in [-0.05, 0) is 25.9 Å². The maximum Gasteiger partial charge on any atom is 0.233 e. The first-order valence-electron chi connectivity index (χ1n) is 6.67. The zero-order chi connectivity index (χ0) is 13.1. The molecule has 6 nitrogen and oxygen atoms in total. The lowest BCUT2D eigenvalue weighted by Crippen LogP contribution is -2.33. The summed E-state index contributed by atoms with van der Waals surface area (Å²) in [7, 11) is 0. The molecule has 0 spiro atoms. The molecule has 0 aliphatic carbocycles. The van der Waals surface area contributed by atoms with Crippen molar-refractivity contribution in [2.75, 3.05) is 59.2 Å². The third kappa shape index (κ3) is 7.60. The maximum atomic E-state index is 10.8. The molecule has 1 fully saturated rings. The summed E-state index contributed by atoms with van der Waals surface area (Å²) in [6.07, 6.45) is 2.63. The molecule has 3 N–H and O–H groups in total. The number of hydrogen-bond acceptors (Lipinski definition) is 5. The van der Waals surface area contributed by atoms with Crippen LogP contribution in [0.3, 0.4) is 0 Å². The van der Waals surface area contributed by atoms with Gasteiger partial charge in [-0.25, -0.2) is 0 Å². The van der Waals surface area contributed by atoms with Crippen molar-refractivity contribution in [3.05, 3.63) is 0 Å². The van der Waals surface area contributed by atoms with Gasteiger partial charge in [0.15, 0.2) is 0 Å². The number of likely N-dealkylation sites (tertiary alicyclic amines) is 1. The van der Waals surface area contributed by atoms with E-state index < -0.39 is 0 Å². The SMILES string of the molecule is NCC(=O)NCCOCCOCCN1CCCC1. The van der Waals surface area contributed by atoms with Crippen LogP contribution >= 0.6 is 0 Å². The summed E-state index contributed by atoms with van der Waals surface area (Å²) >= 11 is 0. The average molecular weight is 259 g/mol. The molecule has 1 rings (SSSR count). The Morgan fingerprint density at radius 2 is 1.78 bits per heavy atom. The quantitative estimate of drug-likeness (QED) is 0.502. The van der Waals surface area contributed by atoms with Crippen molar-refractivity contribution in [2.45, 2.75) is 12.8 Å². The molecule has 1 aliphatic heterocycles. The fraction of sp³-hybridized carbons (Fsp3) is 0.917. The van der Waals surface area contributed by atoms with Crippen molar-refractivity contribution >= 4 is 5.91 Å². The predicted octanol–water partition coefficient (Wildman–Crippen LogP) is -0.810. The van der Waals surface area contributed by atoms with E-state index in [1.807, 2.05) is 0 Å². The highest BCUT2D eigenvalue weighted by molar-refractivity contribution is 5.77. The molecule has 0 saturated carbocycles. The van der Waals surface area contributed by atoms with E-state index in [4.69, 9.17) is 15.2 Å². The number of hydrogen-bond donors (Lipinski definition) is 2. The van der Waals surface area contributed by atoms with Crippen molar-refractivity contribution in [3.63, 3.8) is 0 Å². The minimum Gasteiger partial charge on any atom is -0.378 e. The van der Waals surface area contributed by atoms with Gasteiger partial charge in [0.05, 0.1) is 33.0 Å². The number of carbonyl (C=O) groups excluding carboxylic acids is 1. The van der Waals surface area contributed by atoms with E-state index in [2.05, 4.69) is 10.2 Å². The van der Waals surface area contributed by atoms with Gasteiger partial charge < -0.3 is 25.4 Å². The fourth-order valence-electron chi connectivity index (χ4n) is 1.86. The zero-order valence-corrected chi connectivity index (χ0v) is 11.0. The van der Waals surface area contributed by atoms with Gasteiger partial charge in [0.1, 0.15) is 0 Å². The first-order valence-corrected chi connectivity index (χ1v) is 6.67. The third-order valence-corrected chi connectivity index (χ3v) is 2.88. The van der Waals surface area contributed by atoms with Gasteiger partial charge in [-0.15, -0.1) is 0 Å². The van der Waals surface area contributed by atoms with Crippen LogP contribution in [0.2, 0.25) is 0 Å². The number of rotatable bonds is 10.